The number of hydrogen-bond donors (Lipinski definition) is 2. The number of nitrogens with one attached hydrogen (secondary N) is 1. The number of amides is 1. The molecule has 0 fully saturated rings. The number of ether oxygens (including phenoxy) is 1. The Labute approximate surface area is 243 Å². The molecular formula is C27H23BrCl3N3O4. The number of rotatable bonds is 3. The lowest BCUT2D eigenvalue weighted by atomic mass is 9.60. The summed E-state index contributed by atoms with van der Waals surface area (Å²) in [5.41, 5.74) is 6.21. The molecule has 0 radical (unpaired) electrons. The third-order valence-corrected chi connectivity index (χ3v) is 8.57. The highest BCUT2D eigenvalue weighted by Crippen LogP contribution is 2.58. The van der Waals surface area contributed by atoms with Crippen LogP contribution in [0.3, 0.4) is 0 Å². The fourth-order valence-corrected chi connectivity index (χ4v) is 6.66. The molecule has 1 aliphatic carbocycles. The largest absolute Gasteiger partial charge is 0.462 e. The number of esters is 1. The zero-order chi connectivity index (χ0) is 27.7. The number of ketones is 1. The molecule has 1 unspecified atom stereocenters. The first kappa shape index (κ1) is 27.1. The van der Waals surface area contributed by atoms with Gasteiger partial charge in [0.25, 0.3) is 0 Å². The van der Waals surface area contributed by atoms with Crippen molar-refractivity contribution < 1.29 is 19.1 Å². The molecule has 198 valence electrons. The minimum Gasteiger partial charge on any atom is -0.462 e. The van der Waals surface area contributed by atoms with Crippen molar-refractivity contribution in [1.29, 1.82) is 0 Å². The Morgan fingerprint density at radius 1 is 1.11 bits per heavy atom. The molecule has 5 rings (SSSR count). The molecule has 7 nitrogen and oxygen atoms in total. The minimum absolute atomic E-state index is 0.0269. The smallest absolute Gasteiger partial charge is 0.339 e. The van der Waals surface area contributed by atoms with Gasteiger partial charge in [-0.2, -0.15) is 0 Å². The Bertz CT molecular complexity index is 1520. The van der Waals surface area contributed by atoms with Gasteiger partial charge in [-0.25, -0.2) is 4.79 Å². The highest BCUT2D eigenvalue weighted by molar-refractivity contribution is 9.10. The van der Waals surface area contributed by atoms with Crippen molar-refractivity contribution >= 4 is 79.8 Å². The van der Waals surface area contributed by atoms with Gasteiger partial charge in [-0.1, -0.05) is 64.6 Å². The second kappa shape index (κ2) is 9.30. The second-order valence-corrected chi connectivity index (χ2v) is 12.3. The van der Waals surface area contributed by atoms with Crippen LogP contribution < -0.4 is 16.0 Å². The van der Waals surface area contributed by atoms with Gasteiger partial charge in [0, 0.05) is 33.4 Å². The van der Waals surface area contributed by atoms with Gasteiger partial charge in [-0.05, 0) is 49.1 Å². The summed E-state index contributed by atoms with van der Waals surface area (Å²) in [6.07, 6.45) is 0.517. The fraction of sp³-hybridized carbons (Fsp3) is 0.296. The van der Waals surface area contributed by atoms with Gasteiger partial charge < -0.3 is 15.8 Å². The number of nitrogens with two attached hydrogens (primary N) is 1. The van der Waals surface area contributed by atoms with Gasteiger partial charge in [-0.15, -0.1) is 0 Å². The Hall–Kier alpha value is -2.52. The van der Waals surface area contributed by atoms with Crippen LogP contribution in [-0.2, 0) is 24.5 Å². The number of benzene rings is 2. The van der Waals surface area contributed by atoms with Crippen LogP contribution in [0.25, 0.3) is 0 Å². The van der Waals surface area contributed by atoms with Crippen LogP contribution in [0.5, 0.6) is 0 Å². The number of carbonyl (C=O) groups excluding carboxylic acids is 3. The van der Waals surface area contributed by atoms with E-state index < -0.39 is 22.7 Å². The zero-order valence-electron chi connectivity index (χ0n) is 20.7. The summed E-state index contributed by atoms with van der Waals surface area (Å²) in [7, 11) is 0. The molecule has 2 heterocycles. The average Bonchev–Trinajstić information content (AvgIpc) is 3.07. The third kappa shape index (κ3) is 3.87. The first-order valence-corrected chi connectivity index (χ1v) is 13.8. The number of Topliss-reactive ketones (excluding diaryl/α,β-unsaturated/α-hetero) is 1. The molecule has 1 amide bonds. The van der Waals surface area contributed by atoms with Gasteiger partial charge in [-0.3, -0.25) is 14.5 Å². The van der Waals surface area contributed by atoms with Crippen LogP contribution >= 0.6 is 50.7 Å². The van der Waals surface area contributed by atoms with Crippen LogP contribution in [0, 0.1) is 5.41 Å². The molecule has 3 N–H and O–H groups in total. The van der Waals surface area contributed by atoms with E-state index in [9.17, 15) is 14.4 Å². The summed E-state index contributed by atoms with van der Waals surface area (Å²) in [4.78, 5) is 43.4. The maximum atomic E-state index is 14.1. The molecule has 3 aliphatic rings. The summed E-state index contributed by atoms with van der Waals surface area (Å²) < 4.78 is 6.10. The van der Waals surface area contributed by atoms with Crippen LogP contribution in [-0.4, -0.2) is 24.3 Å². The number of carbonyl (C=O) groups is 3. The number of halogens is 4. The molecule has 1 atom stereocenters. The quantitative estimate of drug-likeness (QED) is 0.294. The van der Waals surface area contributed by atoms with Gasteiger partial charge in [0.1, 0.15) is 16.8 Å². The number of fused-ring (bicyclic) bond motifs is 3. The van der Waals surface area contributed by atoms with E-state index in [1.54, 1.807) is 30.0 Å². The van der Waals surface area contributed by atoms with E-state index in [1.807, 2.05) is 13.8 Å². The molecule has 0 saturated heterocycles. The molecule has 38 heavy (non-hydrogen) atoms. The Balaban J connectivity index is 1.95. The predicted molar refractivity (Wildman–Crippen MR) is 151 cm³/mol. The lowest BCUT2D eigenvalue weighted by Gasteiger charge is -2.47. The van der Waals surface area contributed by atoms with Gasteiger partial charge in [0.05, 0.1) is 27.4 Å². The standard InChI is InChI=1S/C27H23BrCl3N3O4/c1-4-38-24(36)22-23(32)34(18-9-15(30)14(29)8-16(18)31)19-10-26(2,3)11-20(35)21(19)27(22)13-7-12(28)5-6-17(13)33-25(27)37/h5-9H,4,10-11,32H2,1-3H3,(H,33,37). The van der Waals surface area contributed by atoms with E-state index in [0.29, 0.717) is 33.5 Å². The summed E-state index contributed by atoms with van der Waals surface area (Å²) in [6, 6.07) is 8.19. The van der Waals surface area contributed by atoms with Crippen LogP contribution in [0.2, 0.25) is 15.1 Å². The topological polar surface area (TPSA) is 102 Å². The molecule has 1 spiro atoms. The van der Waals surface area contributed by atoms with Crippen molar-refractivity contribution in [2.24, 2.45) is 11.1 Å². The second-order valence-electron chi connectivity index (χ2n) is 10.2. The van der Waals surface area contributed by atoms with E-state index >= 15 is 0 Å². The molecular weight excluding hydrogens is 617 g/mol. The first-order chi connectivity index (χ1) is 17.8. The Kier molecular flexibility index (Phi) is 6.62. The number of anilines is 2. The molecule has 0 saturated carbocycles. The number of nitrogens with zero attached hydrogens (tertiary/aromatic N) is 1. The van der Waals surface area contributed by atoms with Gasteiger partial charge in [0.15, 0.2) is 5.78 Å². The van der Waals surface area contributed by atoms with Gasteiger partial charge in [0.2, 0.25) is 5.91 Å². The van der Waals surface area contributed by atoms with Crippen molar-refractivity contribution in [3.63, 3.8) is 0 Å². The van der Waals surface area contributed by atoms with Crippen LogP contribution in [0.1, 0.15) is 39.2 Å². The third-order valence-electron chi connectivity index (χ3n) is 7.05. The Morgan fingerprint density at radius 2 is 1.79 bits per heavy atom. The van der Waals surface area contributed by atoms with Gasteiger partial charge >= 0.3 is 5.97 Å². The van der Waals surface area contributed by atoms with E-state index in [2.05, 4.69) is 21.2 Å². The highest BCUT2D eigenvalue weighted by atomic mass is 79.9. The van der Waals surface area contributed by atoms with Crippen molar-refractivity contribution in [2.45, 2.75) is 39.0 Å². The molecule has 0 bridgehead atoms. The molecule has 2 aromatic rings. The van der Waals surface area contributed by atoms with Crippen molar-refractivity contribution in [1.82, 2.24) is 0 Å². The van der Waals surface area contributed by atoms with E-state index in [-0.39, 0.29) is 50.8 Å². The van der Waals surface area contributed by atoms with E-state index in [1.165, 1.54) is 12.1 Å². The average molecular weight is 640 g/mol. The fourth-order valence-electron chi connectivity index (χ4n) is 5.67. The van der Waals surface area contributed by atoms with E-state index in [0.717, 1.165) is 0 Å². The van der Waals surface area contributed by atoms with E-state index in [4.69, 9.17) is 45.3 Å². The normalized spacial score (nSPS) is 22.0. The lowest BCUT2D eigenvalue weighted by molar-refractivity contribution is -0.140. The zero-order valence-corrected chi connectivity index (χ0v) is 24.5. The SMILES string of the molecule is CCOC(=O)C1=C(N)N(c2cc(Cl)c(Cl)cc2Cl)C2=C(C(=O)CC(C)(C)C2)C12C(=O)Nc1ccc(Br)cc12. The molecule has 2 aromatic carbocycles. The number of hydrogen-bond acceptors (Lipinski definition) is 6. The number of allylic oxidation sites excluding steroid dienone is 1. The first-order valence-electron chi connectivity index (χ1n) is 11.8. The lowest BCUT2D eigenvalue weighted by Crippen LogP contribution is -2.54. The summed E-state index contributed by atoms with van der Waals surface area (Å²) in [5.74, 6) is -1.75. The van der Waals surface area contributed by atoms with Crippen molar-refractivity contribution in [2.75, 3.05) is 16.8 Å². The minimum atomic E-state index is -1.82. The summed E-state index contributed by atoms with van der Waals surface area (Å²) in [6.45, 7) is 5.58. The molecule has 2 aliphatic heterocycles. The maximum absolute atomic E-state index is 14.1. The summed E-state index contributed by atoms with van der Waals surface area (Å²) in [5, 5.41) is 3.49. The van der Waals surface area contributed by atoms with Crippen LogP contribution in [0.4, 0.5) is 11.4 Å². The van der Waals surface area contributed by atoms with Crippen LogP contribution in [0.15, 0.2) is 57.5 Å². The monoisotopic (exact) mass is 637 g/mol. The Morgan fingerprint density at radius 3 is 2.47 bits per heavy atom. The highest BCUT2D eigenvalue weighted by Gasteiger charge is 2.63. The summed E-state index contributed by atoms with van der Waals surface area (Å²) >= 11 is 22.7. The molecule has 0 aromatic heterocycles. The maximum Gasteiger partial charge on any atom is 0.339 e. The van der Waals surface area contributed by atoms with Crippen molar-refractivity contribution in [3.05, 3.63) is 78.1 Å². The predicted octanol–water partition coefficient (Wildman–Crippen LogP) is 6.50. The van der Waals surface area contributed by atoms with Crippen molar-refractivity contribution in [3.8, 4) is 0 Å². The molecule has 11 heteroatoms.